The quantitative estimate of drug-likeness (QED) is 0.889. The largest absolute Gasteiger partial charge is 0.349 e. The third-order valence-corrected chi connectivity index (χ3v) is 3.18. The van der Waals surface area contributed by atoms with E-state index < -0.39 is 0 Å². The Labute approximate surface area is 115 Å². The van der Waals surface area contributed by atoms with Crippen molar-refractivity contribution in [2.75, 3.05) is 6.54 Å². The van der Waals surface area contributed by atoms with Gasteiger partial charge in [0, 0.05) is 23.8 Å². The van der Waals surface area contributed by atoms with Gasteiger partial charge in [-0.15, -0.1) is 16.4 Å². The van der Waals surface area contributed by atoms with Gasteiger partial charge in [0.15, 0.2) is 0 Å². The van der Waals surface area contributed by atoms with Crippen LogP contribution in [0.2, 0.25) is 0 Å². The van der Waals surface area contributed by atoms with E-state index in [0.717, 1.165) is 5.69 Å². The zero-order valence-electron chi connectivity index (χ0n) is 11.2. The van der Waals surface area contributed by atoms with Crippen molar-refractivity contribution in [3.05, 3.63) is 28.2 Å². The standard InChI is InChI=1S/C12H17N5OS/c1-12(2,3)11-15-9(16-17-11)10(18)13-5-4-8-6-19-7-14-8/h6-7H,4-5H2,1-3H3,(H,13,18)(H,15,16,17). The van der Waals surface area contributed by atoms with Crippen LogP contribution in [0.15, 0.2) is 10.9 Å². The fourth-order valence-corrected chi connectivity index (χ4v) is 2.04. The zero-order valence-corrected chi connectivity index (χ0v) is 12.0. The summed E-state index contributed by atoms with van der Waals surface area (Å²) in [5, 5.41) is 11.5. The van der Waals surface area contributed by atoms with E-state index in [0.29, 0.717) is 18.8 Å². The summed E-state index contributed by atoms with van der Waals surface area (Å²) >= 11 is 1.55. The fourth-order valence-electron chi connectivity index (χ4n) is 1.44. The highest BCUT2D eigenvalue weighted by atomic mass is 32.1. The Hall–Kier alpha value is -1.76. The molecule has 0 saturated carbocycles. The fraction of sp³-hybridized carbons (Fsp3) is 0.500. The van der Waals surface area contributed by atoms with E-state index in [2.05, 4.69) is 25.5 Å². The monoisotopic (exact) mass is 279 g/mol. The Bertz CT molecular complexity index is 541. The second-order valence-corrected chi connectivity index (χ2v) is 5.96. The van der Waals surface area contributed by atoms with E-state index >= 15 is 0 Å². The van der Waals surface area contributed by atoms with E-state index in [1.165, 1.54) is 0 Å². The molecule has 19 heavy (non-hydrogen) atoms. The van der Waals surface area contributed by atoms with E-state index in [9.17, 15) is 4.79 Å². The molecule has 0 fully saturated rings. The second kappa shape index (κ2) is 5.48. The van der Waals surface area contributed by atoms with Crippen LogP contribution in [0, 0.1) is 0 Å². The topological polar surface area (TPSA) is 83.6 Å². The maximum Gasteiger partial charge on any atom is 0.290 e. The maximum absolute atomic E-state index is 11.8. The van der Waals surface area contributed by atoms with Crippen molar-refractivity contribution in [1.29, 1.82) is 0 Å². The molecule has 0 atom stereocenters. The molecule has 6 nitrogen and oxygen atoms in total. The van der Waals surface area contributed by atoms with Gasteiger partial charge in [-0.3, -0.25) is 9.89 Å². The number of rotatable bonds is 4. The van der Waals surface area contributed by atoms with Crippen LogP contribution < -0.4 is 5.32 Å². The second-order valence-electron chi connectivity index (χ2n) is 5.24. The normalized spacial score (nSPS) is 11.5. The summed E-state index contributed by atoms with van der Waals surface area (Å²) in [6, 6.07) is 0. The van der Waals surface area contributed by atoms with Crippen LogP contribution in [-0.4, -0.2) is 32.6 Å². The molecule has 2 aromatic heterocycles. The van der Waals surface area contributed by atoms with Crippen molar-refractivity contribution in [2.24, 2.45) is 0 Å². The highest BCUT2D eigenvalue weighted by molar-refractivity contribution is 7.07. The number of nitrogens with one attached hydrogen (secondary N) is 2. The average molecular weight is 279 g/mol. The summed E-state index contributed by atoms with van der Waals surface area (Å²) in [5.74, 6) is 0.627. The van der Waals surface area contributed by atoms with E-state index in [1.807, 2.05) is 26.2 Å². The lowest BCUT2D eigenvalue weighted by atomic mass is 9.96. The molecule has 0 radical (unpaired) electrons. The molecular weight excluding hydrogens is 262 g/mol. The Morgan fingerprint density at radius 1 is 1.47 bits per heavy atom. The third kappa shape index (κ3) is 3.60. The van der Waals surface area contributed by atoms with Gasteiger partial charge in [0.1, 0.15) is 5.82 Å². The molecule has 0 unspecified atom stereocenters. The summed E-state index contributed by atoms with van der Waals surface area (Å²) in [5.41, 5.74) is 2.62. The highest BCUT2D eigenvalue weighted by Gasteiger charge is 2.20. The van der Waals surface area contributed by atoms with Gasteiger partial charge in [0.25, 0.3) is 5.91 Å². The first kappa shape index (κ1) is 13.7. The van der Waals surface area contributed by atoms with Crippen molar-refractivity contribution in [3.8, 4) is 0 Å². The van der Waals surface area contributed by atoms with Crippen molar-refractivity contribution < 1.29 is 4.79 Å². The molecule has 0 aliphatic heterocycles. The molecule has 102 valence electrons. The molecule has 0 aliphatic rings. The number of carbonyl (C=O) groups excluding carboxylic acids is 1. The lowest BCUT2D eigenvalue weighted by Crippen LogP contribution is -2.27. The molecule has 2 heterocycles. The minimum atomic E-state index is -0.262. The molecule has 2 aromatic rings. The molecule has 0 spiro atoms. The van der Waals surface area contributed by atoms with Crippen LogP contribution in [0.25, 0.3) is 0 Å². The molecule has 1 amide bonds. The van der Waals surface area contributed by atoms with Crippen molar-refractivity contribution >= 4 is 17.2 Å². The molecule has 0 bridgehead atoms. The number of amides is 1. The third-order valence-electron chi connectivity index (χ3n) is 2.55. The van der Waals surface area contributed by atoms with E-state index in [-0.39, 0.29) is 17.1 Å². The van der Waals surface area contributed by atoms with Gasteiger partial charge in [0.2, 0.25) is 5.82 Å². The van der Waals surface area contributed by atoms with E-state index in [4.69, 9.17) is 0 Å². The molecule has 0 aliphatic carbocycles. The molecule has 2 N–H and O–H groups in total. The van der Waals surface area contributed by atoms with Gasteiger partial charge >= 0.3 is 0 Å². The van der Waals surface area contributed by atoms with Gasteiger partial charge in [-0.1, -0.05) is 20.8 Å². The van der Waals surface area contributed by atoms with Gasteiger partial charge < -0.3 is 5.32 Å². The molecular formula is C12H17N5OS. The van der Waals surface area contributed by atoms with Gasteiger partial charge in [-0.05, 0) is 0 Å². The predicted molar refractivity (Wildman–Crippen MR) is 73.2 cm³/mol. The van der Waals surface area contributed by atoms with Gasteiger partial charge in [0.05, 0.1) is 11.2 Å². The molecule has 7 heteroatoms. The summed E-state index contributed by atoms with van der Waals surface area (Å²) in [6.45, 7) is 6.56. The van der Waals surface area contributed by atoms with Crippen LogP contribution in [-0.2, 0) is 11.8 Å². The van der Waals surface area contributed by atoms with Crippen LogP contribution in [0.5, 0.6) is 0 Å². The van der Waals surface area contributed by atoms with Crippen LogP contribution in [0.4, 0.5) is 0 Å². The minimum Gasteiger partial charge on any atom is -0.349 e. The smallest absolute Gasteiger partial charge is 0.290 e. The first-order valence-electron chi connectivity index (χ1n) is 6.05. The summed E-state index contributed by atoms with van der Waals surface area (Å²) in [6.07, 6.45) is 0.714. The number of H-pyrrole nitrogens is 1. The van der Waals surface area contributed by atoms with E-state index in [1.54, 1.807) is 16.8 Å². The Kier molecular flexibility index (Phi) is 3.94. The summed E-state index contributed by atoms with van der Waals surface area (Å²) < 4.78 is 0. The van der Waals surface area contributed by atoms with Gasteiger partial charge in [-0.25, -0.2) is 9.97 Å². The SMILES string of the molecule is CC(C)(C)c1nc(C(=O)NCCc2cscn2)n[nH]1. The highest BCUT2D eigenvalue weighted by Crippen LogP contribution is 2.17. The summed E-state index contributed by atoms with van der Waals surface area (Å²) in [7, 11) is 0. The number of carbonyl (C=O) groups is 1. The minimum absolute atomic E-state index is 0.147. The molecule has 0 saturated heterocycles. The number of aromatic amines is 1. The predicted octanol–water partition coefficient (Wildman–Crippen LogP) is 1.53. The number of aromatic nitrogens is 4. The summed E-state index contributed by atoms with van der Waals surface area (Å²) in [4.78, 5) is 20.2. The maximum atomic E-state index is 11.8. The van der Waals surface area contributed by atoms with Crippen LogP contribution >= 0.6 is 11.3 Å². The molecule has 0 aromatic carbocycles. The average Bonchev–Trinajstić information content (AvgIpc) is 2.99. The van der Waals surface area contributed by atoms with Crippen molar-refractivity contribution in [2.45, 2.75) is 32.6 Å². The Morgan fingerprint density at radius 3 is 2.84 bits per heavy atom. The number of thiazole rings is 1. The van der Waals surface area contributed by atoms with Crippen LogP contribution in [0.3, 0.4) is 0 Å². The molecule has 2 rings (SSSR count). The number of hydrogen-bond acceptors (Lipinski definition) is 5. The first-order chi connectivity index (χ1) is 8.97. The van der Waals surface area contributed by atoms with Gasteiger partial charge in [-0.2, -0.15) is 0 Å². The van der Waals surface area contributed by atoms with Crippen molar-refractivity contribution in [3.63, 3.8) is 0 Å². The number of hydrogen-bond donors (Lipinski definition) is 2. The number of nitrogens with zero attached hydrogens (tertiary/aromatic N) is 3. The Balaban J connectivity index is 1.88. The van der Waals surface area contributed by atoms with Crippen molar-refractivity contribution in [1.82, 2.24) is 25.5 Å². The zero-order chi connectivity index (χ0) is 13.9. The Morgan fingerprint density at radius 2 is 2.26 bits per heavy atom. The first-order valence-corrected chi connectivity index (χ1v) is 6.99. The lowest BCUT2D eigenvalue weighted by Gasteiger charge is -2.12. The lowest BCUT2D eigenvalue weighted by molar-refractivity contribution is 0.0944. The van der Waals surface area contributed by atoms with Crippen LogP contribution in [0.1, 0.15) is 42.9 Å².